The molecule has 94 valence electrons. The predicted molar refractivity (Wildman–Crippen MR) is 54.4 cm³/mol. The van der Waals surface area contributed by atoms with E-state index in [0.29, 0.717) is 5.56 Å². The number of carbonyl (C=O) groups excluding carboxylic acids is 1. The standard InChI is InChI=1S/C10H11F3N2O2/c11-10(12,13)6-15-9(17)14-5-7-2-1-3-8(16)4-7/h1-4,16H,5-6H2,(H2,14,15,17). The molecule has 0 aliphatic heterocycles. The first-order chi connectivity index (χ1) is 7.87. The third kappa shape index (κ3) is 5.64. The van der Waals surface area contributed by atoms with E-state index in [2.05, 4.69) is 5.32 Å². The Labute approximate surface area is 95.4 Å². The van der Waals surface area contributed by atoms with Crippen molar-refractivity contribution in [2.45, 2.75) is 12.7 Å². The van der Waals surface area contributed by atoms with Gasteiger partial charge >= 0.3 is 12.2 Å². The lowest BCUT2D eigenvalue weighted by Crippen LogP contribution is -2.40. The summed E-state index contributed by atoms with van der Waals surface area (Å²) in [4.78, 5) is 11.0. The number of halogens is 3. The summed E-state index contributed by atoms with van der Waals surface area (Å²) in [6.07, 6.45) is -4.43. The van der Waals surface area contributed by atoms with Gasteiger partial charge in [-0.2, -0.15) is 13.2 Å². The fraction of sp³-hybridized carbons (Fsp3) is 0.300. The summed E-state index contributed by atoms with van der Waals surface area (Å²) >= 11 is 0. The monoisotopic (exact) mass is 248 g/mol. The lowest BCUT2D eigenvalue weighted by molar-refractivity contribution is -0.122. The minimum absolute atomic E-state index is 0.0278. The Hall–Kier alpha value is -1.92. The zero-order chi connectivity index (χ0) is 12.9. The van der Waals surface area contributed by atoms with Crippen LogP contribution >= 0.6 is 0 Å². The van der Waals surface area contributed by atoms with Crippen LogP contribution < -0.4 is 10.6 Å². The summed E-state index contributed by atoms with van der Waals surface area (Å²) in [5.41, 5.74) is 0.590. The van der Waals surface area contributed by atoms with E-state index in [1.165, 1.54) is 12.1 Å². The summed E-state index contributed by atoms with van der Waals surface area (Å²) < 4.78 is 35.3. The van der Waals surface area contributed by atoms with Gasteiger partial charge in [-0.25, -0.2) is 4.79 Å². The van der Waals surface area contributed by atoms with Gasteiger partial charge in [0.1, 0.15) is 12.3 Å². The zero-order valence-corrected chi connectivity index (χ0v) is 8.71. The summed E-state index contributed by atoms with van der Waals surface area (Å²) in [6, 6.07) is 5.15. The summed E-state index contributed by atoms with van der Waals surface area (Å²) in [7, 11) is 0. The van der Waals surface area contributed by atoms with Crippen molar-refractivity contribution in [2.75, 3.05) is 6.54 Å². The molecule has 4 nitrogen and oxygen atoms in total. The van der Waals surface area contributed by atoms with E-state index in [1.54, 1.807) is 17.4 Å². The largest absolute Gasteiger partial charge is 0.508 e. The second-order valence-corrected chi connectivity index (χ2v) is 3.32. The van der Waals surface area contributed by atoms with Gasteiger partial charge in [0.25, 0.3) is 0 Å². The molecule has 0 heterocycles. The second kappa shape index (κ2) is 5.42. The molecule has 3 N–H and O–H groups in total. The van der Waals surface area contributed by atoms with Crippen molar-refractivity contribution < 1.29 is 23.1 Å². The molecular weight excluding hydrogens is 237 g/mol. The smallest absolute Gasteiger partial charge is 0.405 e. The molecule has 0 saturated heterocycles. The van der Waals surface area contributed by atoms with E-state index in [-0.39, 0.29) is 12.3 Å². The summed E-state index contributed by atoms with van der Waals surface area (Å²) in [5.74, 6) is 0.0278. The SMILES string of the molecule is O=C(NCc1cccc(O)c1)NCC(F)(F)F. The Morgan fingerprint density at radius 3 is 2.59 bits per heavy atom. The van der Waals surface area contributed by atoms with Crippen LogP contribution in [0.25, 0.3) is 0 Å². The molecule has 1 aromatic rings. The first-order valence-electron chi connectivity index (χ1n) is 4.73. The number of aromatic hydroxyl groups is 1. The van der Waals surface area contributed by atoms with Gasteiger partial charge in [0, 0.05) is 6.54 Å². The molecule has 1 rings (SSSR count). The fourth-order valence-corrected chi connectivity index (χ4v) is 1.09. The Morgan fingerprint density at radius 1 is 1.29 bits per heavy atom. The van der Waals surface area contributed by atoms with Crippen LogP contribution in [0.1, 0.15) is 5.56 Å². The number of nitrogens with one attached hydrogen (secondary N) is 2. The summed E-state index contributed by atoms with van der Waals surface area (Å²) in [6.45, 7) is -1.34. The Bertz CT molecular complexity index is 393. The highest BCUT2D eigenvalue weighted by Gasteiger charge is 2.27. The van der Waals surface area contributed by atoms with Crippen molar-refractivity contribution >= 4 is 6.03 Å². The molecule has 7 heteroatoms. The average Bonchev–Trinajstić information content (AvgIpc) is 2.23. The van der Waals surface area contributed by atoms with Gasteiger partial charge in [0.05, 0.1) is 0 Å². The molecule has 2 amide bonds. The molecule has 0 bridgehead atoms. The normalized spacial score (nSPS) is 11.0. The van der Waals surface area contributed by atoms with Crippen LogP contribution in [0.4, 0.5) is 18.0 Å². The maximum atomic E-state index is 11.8. The maximum Gasteiger partial charge on any atom is 0.405 e. The molecule has 0 radical (unpaired) electrons. The van der Waals surface area contributed by atoms with Gasteiger partial charge in [-0.05, 0) is 17.7 Å². The number of amides is 2. The van der Waals surface area contributed by atoms with Crippen molar-refractivity contribution in [2.24, 2.45) is 0 Å². The molecule has 0 unspecified atom stereocenters. The number of phenolic OH excluding ortho intramolecular Hbond substituents is 1. The zero-order valence-electron chi connectivity index (χ0n) is 8.71. The molecule has 0 aliphatic rings. The van der Waals surface area contributed by atoms with Crippen molar-refractivity contribution in [3.8, 4) is 5.75 Å². The molecule has 0 aliphatic carbocycles. The quantitative estimate of drug-likeness (QED) is 0.763. The molecule has 0 aromatic heterocycles. The van der Waals surface area contributed by atoms with E-state index in [9.17, 15) is 18.0 Å². The number of urea groups is 1. The van der Waals surface area contributed by atoms with E-state index in [0.717, 1.165) is 0 Å². The van der Waals surface area contributed by atoms with Gasteiger partial charge in [0.15, 0.2) is 0 Å². The molecule has 0 fully saturated rings. The third-order valence-electron chi connectivity index (χ3n) is 1.81. The van der Waals surface area contributed by atoms with Crippen molar-refractivity contribution in [1.82, 2.24) is 10.6 Å². The van der Waals surface area contributed by atoms with Crippen molar-refractivity contribution in [3.63, 3.8) is 0 Å². The first kappa shape index (κ1) is 13.1. The Kier molecular flexibility index (Phi) is 4.19. The van der Waals surface area contributed by atoms with Crippen LogP contribution in [0.3, 0.4) is 0 Å². The number of benzene rings is 1. The predicted octanol–water partition coefficient (Wildman–Crippen LogP) is 1.75. The maximum absolute atomic E-state index is 11.8. The van der Waals surface area contributed by atoms with Crippen LogP contribution in [0.5, 0.6) is 5.75 Å². The minimum atomic E-state index is -4.43. The van der Waals surface area contributed by atoms with Gasteiger partial charge in [0.2, 0.25) is 0 Å². The van der Waals surface area contributed by atoms with Crippen LogP contribution in [-0.4, -0.2) is 23.9 Å². The minimum Gasteiger partial charge on any atom is -0.508 e. The van der Waals surface area contributed by atoms with Gasteiger partial charge in [-0.1, -0.05) is 12.1 Å². The lowest BCUT2D eigenvalue weighted by Gasteiger charge is -2.09. The van der Waals surface area contributed by atoms with E-state index >= 15 is 0 Å². The number of phenols is 1. The van der Waals surface area contributed by atoms with Gasteiger partial charge < -0.3 is 15.7 Å². The van der Waals surface area contributed by atoms with Gasteiger partial charge in [-0.3, -0.25) is 0 Å². The van der Waals surface area contributed by atoms with Crippen LogP contribution in [0.15, 0.2) is 24.3 Å². The van der Waals surface area contributed by atoms with Crippen LogP contribution in [0, 0.1) is 0 Å². The van der Waals surface area contributed by atoms with Crippen LogP contribution in [-0.2, 0) is 6.54 Å². The third-order valence-corrected chi connectivity index (χ3v) is 1.81. The summed E-state index contributed by atoms with van der Waals surface area (Å²) in [5, 5.41) is 13.0. The molecule has 0 saturated carbocycles. The van der Waals surface area contributed by atoms with E-state index in [4.69, 9.17) is 5.11 Å². The second-order valence-electron chi connectivity index (χ2n) is 3.32. The topological polar surface area (TPSA) is 61.4 Å². The number of carbonyl (C=O) groups is 1. The highest BCUT2D eigenvalue weighted by molar-refractivity contribution is 5.73. The Balaban J connectivity index is 2.33. The van der Waals surface area contributed by atoms with E-state index in [1.807, 2.05) is 0 Å². The number of hydrogen-bond donors (Lipinski definition) is 3. The lowest BCUT2D eigenvalue weighted by atomic mass is 10.2. The highest BCUT2D eigenvalue weighted by atomic mass is 19.4. The molecule has 1 aromatic carbocycles. The Morgan fingerprint density at radius 2 is 2.00 bits per heavy atom. The van der Waals surface area contributed by atoms with Crippen molar-refractivity contribution in [3.05, 3.63) is 29.8 Å². The molecule has 17 heavy (non-hydrogen) atoms. The van der Waals surface area contributed by atoms with Crippen molar-refractivity contribution in [1.29, 1.82) is 0 Å². The number of alkyl halides is 3. The number of hydrogen-bond acceptors (Lipinski definition) is 2. The molecular formula is C10H11F3N2O2. The molecule has 0 spiro atoms. The first-order valence-corrected chi connectivity index (χ1v) is 4.73. The molecule has 0 atom stereocenters. The van der Waals surface area contributed by atoms with Gasteiger partial charge in [-0.15, -0.1) is 0 Å². The highest BCUT2D eigenvalue weighted by Crippen LogP contribution is 2.12. The average molecular weight is 248 g/mol. The fourth-order valence-electron chi connectivity index (χ4n) is 1.09. The van der Waals surface area contributed by atoms with Crippen LogP contribution in [0.2, 0.25) is 0 Å². The van der Waals surface area contributed by atoms with E-state index < -0.39 is 18.8 Å². The number of rotatable bonds is 3.